The van der Waals surface area contributed by atoms with Gasteiger partial charge in [-0.25, -0.2) is 4.98 Å². The Kier molecular flexibility index (Phi) is 4.07. The van der Waals surface area contributed by atoms with Gasteiger partial charge in [0.2, 0.25) is 11.7 Å². The molecule has 4 rings (SSSR count). The average Bonchev–Trinajstić information content (AvgIpc) is 3.12. The molecule has 1 aliphatic heterocycles. The summed E-state index contributed by atoms with van der Waals surface area (Å²) in [6.07, 6.45) is 4.62. The summed E-state index contributed by atoms with van der Waals surface area (Å²) in [4.78, 5) is 8.98. The lowest BCUT2D eigenvalue weighted by atomic mass is 9.91. The maximum atomic E-state index is 6.06. The van der Waals surface area contributed by atoms with Crippen LogP contribution in [0.2, 0.25) is 0 Å². The summed E-state index contributed by atoms with van der Waals surface area (Å²) < 4.78 is 12.5. The fraction of sp³-hybridized carbons (Fsp3) is 0.316. The van der Waals surface area contributed by atoms with Gasteiger partial charge in [-0.2, -0.15) is 4.98 Å². The van der Waals surface area contributed by atoms with Crippen LogP contribution in [0.25, 0.3) is 22.8 Å². The lowest BCUT2D eigenvalue weighted by molar-refractivity contribution is 0.0555. The fourth-order valence-corrected chi connectivity index (χ4v) is 3.14. The zero-order valence-corrected chi connectivity index (χ0v) is 15.7. The maximum absolute atomic E-state index is 6.06. The first-order chi connectivity index (χ1) is 12.1. The fourth-order valence-electron chi connectivity index (χ4n) is 2.88. The normalized spacial score (nSPS) is 19.3. The minimum atomic E-state index is -0.124. The molecule has 2 aromatic heterocycles. The zero-order chi connectivity index (χ0) is 17.4. The number of hydrogen-bond donors (Lipinski definition) is 0. The Bertz CT molecular complexity index is 907. The van der Waals surface area contributed by atoms with Crippen molar-refractivity contribution < 1.29 is 9.26 Å². The molecule has 0 saturated carbocycles. The Hall–Kier alpha value is -2.21. The van der Waals surface area contributed by atoms with E-state index in [1.54, 1.807) is 6.20 Å². The molecular formula is C19H18BrN3O2. The number of halogens is 1. The molecule has 25 heavy (non-hydrogen) atoms. The predicted molar refractivity (Wildman–Crippen MR) is 98.3 cm³/mol. The molecule has 0 N–H and O–H groups in total. The van der Waals surface area contributed by atoms with Crippen LogP contribution in [-0.2, 0) is 6.42 Å². The topological polar surface area (TPSA) is 61.0 Å². The molecule has 5 nitrogen and oxygen atoms in total. The van der Waals surface area contributed by atoms with E-state index in [0.717, 1.165) is 40.4 Å². The lowest BCUT2D eigenvalue weighted by Gasteiger charge is -2.34. The van der Waals surface area contributed by atoms with Crippen LogP contribution in [0.3, 0.4) is 0 Å². The third-order valence-corrected chi connectivity index (χ3v) is 5.24. The molecule has 0 fully saturated rings. The Morgan fingerprint density at radius 2 is 2.00 bits per heavy atom. The molecule has 128 valence electrons. The molecule has 6 heteroatoms. The van der Waals surface area contributed by atoms with Gasteiger partial charge in [-0.3, -0.25) is 0 Å². The monoisotopic (exact) mass is 399 g/mol. The van der Waals surface area contributed by atoms with Crippen LogP contribution in [-0.4, -0.2) is 20.7 Å². The highest BCUT2D eigenvalue weighted by atomic mass is 79.9. The highest BCUT2D eigenvalue weighted by Crippen LogP contribution is 2.35. The SMILES string of the molecule is CC[C@]1(C)CCc2cc(-c3nc(-c4ccc(Br)cc4)no3)cnc2O1. The molecule has 0 unspecified atom stereocenters. The molecule has 0 bridgehead atoms. The van der Waals surface area contributed by atoms with Crippen molar-refractivity contribution in [1.29, 1.82) is 0 Å². The van der Waals surface area contributed by atoms with E-state index in [4.69, 9.17) is 9.26 Å². The van der Waals surface area contributed by atoms with E-state index in [1.807, 2.05) is 30.3 Å². The summed E-state index contributed by atoms with van der Waals surface area (Å²) in [6, 6.07) is 9.84. The Labute approximate surface area is 154 Å². The van der Waals surface area contributed by atoms with Crippen molar-refractivity contribution in [2.45, 2.75) is 38.7 Å². The number of fused-ring (bicyclic) bond motifs is 1. The second-order valence-corrected chi connectivity index (χ2v) is 7.44. The molecule has 0 amide bonds. The predicted octanol–water partition coefficient (Wildman–Crippen LogP) is 5.05. The molecule has 0 spiro atoms. The van der Waals surface area contributed by atoms with Gasteiger partial charge < -0.3 is 9.26 Å². The molecule has 3 aromatic rings. The minimum absolute atomic E-state index is 0.124. The minimum Gasteiger partial charge on any atom is -0.471 e. The molecule has 3 heterocycles. The van der Waals surface area contributed by atoms with Gasteiger partial charge in [0.05, 0.1) is 5.56 Å². The molecule has 1 aromatic carbocycles. The largest absolute Gasteiger partial charge is 0.471 e. The first-order valence-corrected chi connectivity index (χ1v) is 9.13. The van der Waals surface area contributed by atoms with Gasteiger partial charge in [0, 0.05) is 21.8 Å². The average molecular weight is 400 g/mol. The number of benzene rings is 1. The number of pyridine rings is 1. The van der Waals surface area contributed by atoms with Gasteiger partial charge in [0.1, 0.15) is 5.60 Å². The number of rotatable bonds is 3. The van der Waals surface area contributed by atoms with Crippen molar-refractivity contribution in [3.63, 3.8) is 0 Å². The van der Waals surface area contributed by atoms with Crippen LogP contribution in [0.1, 0.15) is 32.3 Å². The van der Waals surface area contributed by atoms with Crippen LogP contribution in [0.5, 0.6) is 5.88 Å². The summed E-state index contributed by atoms with van der Waals surface area (Å²) in [5.74, 6) is 1.75. The van der Waals surface area contributed by atoms with Gasteiger partial charge in [-0.15, -0.1) is 0 Å². The van der Waals surface area contributed by atoms with Crippen molar-refractivity contribution in [3.05, 3.63) is 46.6 Å². The van der Waals surface area contributed by atoms with Gasteiger partial charge in [0.25, 0.3) is 5.89 Å². The van der Waals surface area contributed by atoms with Gasteiger partial charge >= 0.3 is 0 Å². The van der Waals surface area contributed by atoms with Gasteiger partial charge in [-0.1, -0.05) is 28.0 Å². The highest BCUT2D eigenvalue weighted by Gasteiger charge is 2.31. The Morgan fingerprint density at radius 3 is 2.76 bits per heavy atom. The van der Waals surface area contributed by atoms with Crippen LogP contribution in [0.4, 0.5) is 0 Å². The smallest absolute Gasteiger partial charge is 0.259 e. The van der Waals surface area contributed by atoms with Crippen molar-refractivity contribution >= 4 is 15.9 Å². The number of nitrogens with zero attached hydrogens (tertiary/aromatic N) is 3. The van der Waals surface area contributed by atoms with Crippen molar-refractivity contribution in [3.8, 4) is 28.7 Å². The summed E-state index contributed by atoms with van der Waals surface area (Å²) >= 11 is 3.42. The highest BCUT2D eigenvalue weighted by molar-refractivity contribution is 9.10. The van der Waals surface area contributed by atoms with Crippen molar-refractivity contribution in [1.82, 2.24) is 15.1 Å². The second-order valence-electron chi connectivity index (χ2n) is 6.52. The molecule has 0 aliphatic carbocycles. The summed E-state index contributed by atoms with van der Waals surface area (Å²) in [5.41, 5.74) is 2.69. The van der Waals surface area contributed by atoms with Crippen molar-refractivity contribution in [2.75, 3.05) is 0 Å². The van der Waals surface area contributed by atoms with Crippen LogP contribution in [0.15, 0.2) is 45.5 Å². The summed E-state index contributed by atoms with van der Waals surface area (Å²) in [6.45, 7) is 4.27. The van der Waals surface area contributed by atoms with Crippen LogP contribution in [0, 0.1) is 0 Å². The van der Waals surface area contributed by atoms with E-state index < -0.39 is 0 Å². The van der Waals surface area contributed by atoms with Crippen LogP contribution >= 0.6 is 15.9 Å². The molecule has 1 aliphatic rings. The van der Waals surface area contributed by atoms with Gasteiger partial charge in [-0.05, 0) is 56.5 Å². The standard InChI is InChI=1S/C19H18BrN3O2/c1-3-19(2)9-8-13-10-14(11-21-17(13)24-19)18-22-16(23-25-18)12-4-6-15(20)7-5-12/h4-7,10-11H,3,8-9H2,1-2H3/t19-/m1/s1. The zero-order valence-electron chi connectivity index (χ0n) is 14.1. The van der Waals surface area contributed by atoms with E-state index >= 15 is 0 Å². The molecule has 1 atom stereocenters. The van der Waals surface area contributed by atoms with E-state index in [0.29, 0.717) is 17.6 Å². The van der Waals surface area contributed by atoms with E-state index in [-0.39, 0.29) is 5.60 Å². The molecule has 0 saturated heterocycles. The second kappa shape index (κ2) is 6.26. The number of aryl methyl sites for hydroxylation is 1. The number of aromatic nitrogens is 3. The Balaban J connectivity index is 1.62. The van der Waals surface area contributed by atoms with Crippen molar-refractivity contribution in [2.24, 2.45) is 0 Å². The summed E-state index contributed by atoms with van der Waals surface area (Å²) in [5, 5.41) is 4.08. The first kappa shape index (κ1) is 16.3. The van der Waals surface area contributed by atoms with E-state index in [2.05, 4.69) is 44.9 Å². The quantitative estimate of drug-likeness (QED) is 0.616. The maximum Gasteiger partial charge on any atom is 0.259 e. The number of ether oxygens (including phenoxy) is 1. The van der Waals surface area contributed by atoms with E-state index in [9.17, 15) is 0 Å². The van der Waals surface area contributed by atoms with Crippen LogP contribution < -0.4 is 4.74 Å². The third-order valence-electron chi connectivity index (χ3n) is 4.71. The van der Waals surface area contributed by atoms with E-state index in [1.165, 1.54) is 0 Å². The summed E-state index contributed by atoms with van der Waals surface area (Å²) in [7, 11) is 0. The van der Waals surface area contributed by atoms with Gasteiger partial charge in [0.15, 0.2) is 0 Å². The molecule has 0 radical (unpaired) electrons. The Morgan fingerprint density at radius 1 is 1.20 bits per heavy atom. The third kappa shape index (κ3) is 3.18. The first-order valence-electron chi connectivity index (χ1n) is 8.34. The molecular weight excluding hydrogens is 382 g/mol. The number of hydrogen-bond acceptors (Lipinski definition) is 5. The lowest BCUT2D eigenvalue weighted by Crippen LogP contribution is -2.35.